The van der Waals surface area contributed by atoms with Crippen molar-refractivity contribution in [1.29, 1.82) is 5.26 Å². The standard InChI is InChI=1S/C21H22N4O4/c22-13-21(8-2-1-3-9-21)24-18(26)12-29-20(28)14-6-7-15-16(11-14)23-17-5-4-10-25(17)19(15)27/h6-7,11H,1-5,8-10,12H2,(H,24,26). The molecule has 1 amide bonds. The van der Waals surface area contributed by atoms with Crippen LogP contribution in [-0.4, -0.2) is 33.6 Å². The minimum Gasteiger partial charge on any atom is -0.452 e. The van der Waals surface area contributed by atoms with Crippen molar-refractivity contribution in [3.8, 4) is 6.07 Å². The third-order valence-corrected chi connectivity index (χ3v) is 5.69. The first-order chi connectivity index (χ1) is 14.0. The van der Waals surface area contributed by atoms with Crippen molar-refractivity contribution in [2.45, 2.75) is 57.0 Å². The molecule has 4 rings (SSSR count). The van der Waals surface area contributed by atoms with E-state index in [1.54, 1.807) is 10.6 Å². The van der Waals surface area contributed by atoms with Crippen LogP contribution in [0, 0.1) is 11.3 Å². The number of aryl methyl sites for hydroxylation is 1. The van der Waals surface area contributed by atoms with Gasteiger partial charge in [-0.3, -0.25) is 14.2 Å². The number of carbonyl (C=O) groups is 2. The molecule has 2 aliphatic rings. The number of ether oxygens (including phenoxy) is 1. The molecule has 150 valence electrons. The highest BCUT2D eigenvalue weighted by Gasteiger charge is 2.33. The largest absolute Gasteiger partial charge is 0.452 e. The van der Waals surface area contributed by atoms with Crippen molar-refractivity contribution >= 4 is 22.8 Å². The van der Waals surface area contributed by atoms with Gasteiger partial charge in [0, 0.05) is 13.0 Å². The molecule has 1 aromatic heterocycles. The quantitative estimate of drug-likeness (QED) is 0.792. The van der Waals surface area contributed by atoms with Crippen LogP contribution in [-0.2, 0) is 22.5 Å². The summed E-state index contributed by atoms with van der Waals surface area (Å²) in [5.41, 5.74) is -0.284. The van der Waals surface area contributed by atoms with Gasteiger partial charge in [0.1, 0.15) is 11.4 Å². The van der Waals surface area contributed by atoms with Crippen molar-refractivity contribution < 1.29 is 14.3 Å². The Labute approximate surface area is 167 Å². The molecule has 0 spiro atoms. The zero-order valence-electron chi connectivity index (χ0n) is 16.1. The molecule has 1 aliphatic heterocycles. The van der Waals surface area contributed by atoms with Gasteiger partial charge in [0.05, 0.1) is 22.5 Å². The summed E-state index contributed by atoms with van der Waals surface area (Å²) in [5, 5.41) is 12.6. The Kier molecular flexibility index (Phi) is 5.05. The predicted octanol–water partition coefficient (Wildman–Crippen LogP) is 1.84. The molecule has 1 aromatic carbocycles. The maximum atomic E-state index is 12.5. The van der Waals surface area contributed by atoms with E-state index in [1.807, 2.05) is 0 Å². The zero-order chi connectivity index (χ0) is 20.4. The number of amides is 1. The van der Waals surface area contributed by atoms with Gasteiger partial charge in [-0.25, -0.2) is 9.78 Å². The number of nitrogens with zero attached hydrogens (tertiary/aromatic N) is 3. The van der Waals surface area contributed by atoms with Gasteiger partial charge in [0.2, 0.25) is 0 Å². The van der Waals surface area contributed by atoms with Gasteiger partial charge < -0.3 is 10.1 Å². The van der Waals surface area contributed by atoms with Crippen LogP contribution >= 0.6 is 0 Å². The monoisotopic (exact) mass is 394 g/mol. The molecule has 1 N–H and O–H groups in total. The molecule has 8 heteroatoms. The summed E-state index contributed by atoms with van der Waals surface area (Å²) in [6.45, 7) is 0.209. The van der Waals surface area contributed by atoms with Crippen LogP contribution in [0.1, 0.15) is 54.7 Å². The molecule has 2 heterocycles. The summed E-state index contributed by atoms with van der Waals surface area (Å²) in [5.74, 6) is -0.433. The molecule has 8 nitrogen and oxygen atoms in total. The summed E-state index contributed by atoms with van der Waals surface area (Å²) in [6, 6.07) is 6.80. The molecule has 0 radical (unpaired) electrons. The van der Waals surface area contributed by atoms with Crippen molar-refractivity contribution in [2.75, 3.05) is 6.61 Å². The number of benzene rings is 1. The molecule has 0 saturated heterocycles. The third kappa shape index (κ3) is 3.73. The van der Waals surface area contributed by atoms with Crippen LogP contribution in [0.15, 0.2) is 23.0 Å². The summed E-state index contributed by atoms with van der Waals surface area (Å²) in [7, 11) is 0. The number of aromatic nitrogens is 2. The third-order valence-electron chi connectivity index (χ3n) is 5.69. The molecule has 29 heavy (non-hydrogen) atoms. The molecular weight excluding hydrogens is 372 g/mol. The molecular formula is C21H22N4O4. The summed E-state index contributed by atoms with van der Waals surface area (Å²) in [6.07, 6.45) is 5.67. The van der Waals surface area contributed by atoms with Gasteiger partial charge in [-0.1, -0.05) is 19.3 Å². The van der Waals surface area contributed by atoms with Gasteiger partial charge >= 0.3 is 5.97 Å². The fraction of sp³-hybridized carbons (Fsp3) is 0.476. The first kappa shape index (κ1) is 19.1. The molecule has 1 saturated carbocycles. The molecule has 0 unspecified atom stereocenters. The number of hydrogen-bond acceptors (Lipinski definition) is 6. The van der Waals surface area contributed by atoms with Crippen LogP contribution in [0.3, 0.4) is 0 Å². The van der Waals surface area contributed by atoms with Gasteiger partial charge in [-0.05, 0) is 37.5 Å². The van der Waals surface area contributed by atoms with Crippen LogP contribution in [0.25, 0.3) is 10.9 Å². The number of nitrogens with one attached hydrogen (secondary N) is 1. The smallest absolute Gasteiger partial charge is 0.338 e. The Balaban J connectivity index is 1.44. The van der Waals surface area contributed by atoms with Gasteiger partial charge in [0.25, 0.3) is 11.5 Å². The Hall–Kier alpha value is -3.21. The average molecular weight is 394 g/mol. The second-order valence-corrected chi connectivity index (χ2v) is 7.70. The number of carbonyl (C=O) groups excluding carboxylic acids is 2. The number of rotatable bonds is 4. The summed E-state index contributed by atoms with van der Waals surface area (Å²) in [4.78, 5) is 41.6. The highest BCUT2D eigenvalue weighted by molar-refractivity contribution is 5.95. The van der Waals surface area contributed by atoms with Gasteiger partial charge in [-0.15, -0.1) is 0 Å². The number of fused-ring (bicyclic) bond motifs is 2. The Morgan fingerprint density at radius 1 is 1.24 bits per heavy atom. The van der Waals surface area contributed by atoms with Crippen LogP contribution in [0.2, 0.25) is 0 Å². The van der Waals surface area contributed by atoms with Crippen molar-refractivity contribution in [3.63, 3.8) is 0 Å². The lowest BCUT2D eigenvalue weighted by Crippen LogP contribution is -2.50. The Morgan fingerprint density at radius 3 is 2.79 bits per heavy atom. The summed E-state index contributed by atoms with van der Waals surface area (Å²) < 4.78 is 6.79. The predicted molar refractivity (Wildman–Crippen MR) is 104 cm³/mol. The first-order valence-corrected chi connectivity index (χ1v) is 9.94. The van der Waals surface area contributed by atoms with E-state index >= 15 is 0 Å². The number of hydrogen-bond donors (Lipinski definition) is 1. The average Bonchev–Trinajstić information content (AvgIpc) is 3.21. The van der Waals surface area contributed by atoms with E-state index in [-0.39, 0.29) is 11.1 Å². The second-order valence-electron chi connectivity index (χ2n) is 7.70. The second kappa shape index (κ2) is 7.66. The maximum Gasteiger partial charge on any atom is 0.338 e. The van der Waals surface area contributed by atoms with Crippen molar-refractivity contribution in [1.82, 2.24) is 14.9 Å². The van der Waals surface area contributed by atoms with E-state index in [0.29, 0.717) is 30.3 Å². The molecule has 0 atom stereocenters. The Morgan fingerprint density at radius 2 is 2.03 bits per heavy atom. The van der Waals surface area contributed by atoms with Crippen LogP contribution in [0.4, 0.5) is 0 Å². The highest BCUT2D eigenvalue weighted by Crippen LogP contribution is 2.27. The van der Waals surface area contributed by atoms with E-state index < -0.39 is 24.0 Å². The normalized spacial score (nSPS) is 17.3. The van der Waals surface area contributed by atoms with Crippen LogP contribution in [0.5, 0.6) is 0 Å². The SMILES string of the molecule is N#CC1(NC(=O)COC(=O)c2ccc3c(=O)n4c(nc3c2)CCC4)CCCCC1. The van der Waals surface area contributed by atoms with E-state index in [9.17, 15) is 19.6 Å². The lowest BCUT2D eigenvalue weighted by molar-refractivity contribution is -0.125. The van der Waals surface area contributed by atoms with E-state index in [2.05, 4.69) is 16.4 Å². The van der Waals surface area contributed by atoms with E-state index in [0.717, 1.165) is 37.9 Å². The zero-order valence-corrected chi connectivity index (χ0v) is 16.1. The molecule has 1 aliphatic carbocycles. The minimum absolute atomic E-state index is 0.101. The summed E-state index contributed by atoms with van der Waals surface area (Å²) >= 11 is 0. The van der Waals surface area contributed by atoms with Gasteiger partial charge in [-0.2, -0.15) is 5.26 Å². The van der Waals surface area contributed by atoms with Crippen LogP contribution < -0.4 is 10.9 Å². The lowest BCUT2D eigenvalue weighted by atomic mass is 9.83. The molecule has 1 fully saturated rings. The number of esters is 1. The lowest BCUT2D eigenvalue weighted by Gasteiger charge is -2.31. The maximum absolute atomic E-state index is 12.5. The first-order valence-electron chi connectivity index (χ1n) is 9.94. The topological polar surface area (TPSA) is 114 Å². The van der Waals surface area contributed by atoms with Crippen molar-refractivity contribution in [3.05, 3.63) is 39.9 Å². The fourth-order valence-corrected chi connectivity index (χ4v) is 4.15. The molecule has 0 bridgehead atoms. The fourth-order valence-electron chi connectivity index (χ4n) is 4.15. The molecule has 2 aromatic rings. The Bertz CT molecular complexity index is 1080. The van der Waals surface area contributed by atoms with Crippen molar-refractivity contribution in [2.24, 2.45) is 0 Å². The van der Waals surface area contributed by atoms with Gasteiger partial charge in [0.15, 0.2) is 6.61 Å². The van der Waals surface area contributed by atoms with E-state index in [1.165, 1.54) is 12.1 Å². The minimum atomic E-state index is -0.864. The highest BCUT2D eigenvalue weighted by atomic mass is 16.5. The van der Waals surface area contributed by atoms with E-state index in [4.69, 9.17) is 4.74 Å². The number of nitriles is 1.